The smallest absolute Gasteiger partial charge is 0.148 e. The summed E-state index contributed by atoms with van der Waals surface area (Å²) >= 11 is 3.66. The van der Waals surface area contributed by atoms with Crippen molar-refractivity contribution in [3.63, 3.8) is 0 Å². The minimum atomic E-state index is -0.228. The first-order valence-corrected chi connectivity index (χ1v) is 7.53. The molecule has 0 radical (unpaired) electrons. The van der Waals surface area contributed by atoms with Gasteiger partial charge < -0.3 is 5.32 Å². The highest BCUT2D eigenvalue weighted by atomic mass is 127. The van der Waals surface area contributed by atoms with Crippen LogP contribution in [0.5, 0.6) is 0 Å². The molecule has 0 fully saturated rings. The summed E-state index contributed by atoms with van der Waals surface area (Å²) < 4.78 is 13.9. The molecule has 0 aliphatic heterocycles. The highest BCUT2D eigenvalue weighted by Gasteiger charge is 2.14. The van der Waals surface area contributed by atoms with Gasteiger partial charge in [-0.25, -0.2) is 4.39 Å². The maximum Gasteiger partial charge on any atom is 0.148 e. The van der Waals surface area contributed by atoms with E-state index in [1.807, 2.05) is 0 Å². The predicted octanol–water partition coefficient (Wildman–Crippen LogP) is 3.62. The van der Waals surface area contributed by atoms with Gasteiger partial charge in [-0.1, -0.05) is 18.3 Å². The van der Waals surface area contributed by atoms with Gasteiger partial charge in [0.15, 0.2) is 0 Å². The fourth-order valence-corrected chi connectivity index (χ4v) is 3.40. The number of hydrogen-bond acceptors (Lipinski definition) is 4. The van der Waals surface area contributed by atoms with Crippen LogP contribution in [0.3, 0.4) is 0 Å². The number of nitrogens with zero attached hydrogens (tertiary/aromatic N) is 2. The Morgan fingerprint density at radius 1 is 1.44 bits per heavy atom. The first-order valence-electron chi connectivity index (χ1n) is 5.64. The molecule has 1 N–H and O–H groups in total. The maximum atomic E-state index is 13.0. The van der Waals surface area contributed by atoms with Gasteiger partial charge in [-0.15, -0.1) is 10.2 Å². The molecule has 1 heterocycles. The lowest BCUT2D eigenvalue weighted by atomic mass is 10.2. The van der Waals surface area contributed by atoms with Gasteiger partial charge in [0.25, 0.3) is 0 Å². The van der Waals surface area contributed by atoms with E-state index >= 15 is 0 Å². The summed E-state index contributed by atoms with van der Waals surface area (Å²) in [6.45, 7) is 5.01. The molecular formula is C12H13FIN3S. The lowest BCUT2D eigenvalue weighted by Crippen LogP contribution is -2.17. The van der Waals surface area contributed by atoms with E-state index in [1.54, 1.807) is 17.4 Å². The van der Waals surface area contributed by atoms with E-state index in [0.717, 1.165) is 25.7 Å². The Labute approximate surface area is 123 Å². The van der Waals surface area contributed by atoms with Gasteiger partial charge in [0.2, 0.25) is 0 Å². The Balaban J connectivity index is 2.29. The number of aromatic nitrogens is 2. The van der Waals surface area contributed by atoms with E-state index in [2.05, 4.69) is 52.0 Å². The molecular weight excluding hydrogens is 364 g/mol. The largest absolute Gasteiger partial charge is 0.308 e. The van der Waals surface area contributed by atoms with Crippen LogP contribution in [0.25, 0.3) is 10.6 Å². The monoisotopic (exact) mass is 377 g/mol. The molecule has 0 bridgehead atoms. The molecule has 0 aliphatic carbocycles. The SMILES string of the molecule is CCNC(C)c1nnc(-c2ccc(F)cc2I)s1. The average molecular weight is 377 g/mol. The highest BCUT2D eigenvalue weighted by Crippen LogP contribution is 2.30. The minimum absolute atomic E-state index is 0.194. The zero-order valence-corrected chi connectivity index (χ0v) is 13.0. The number of nitrogens with one attached hydrogen (secondary N) is 1. The number of halogens is 2. The molecule has 0 aliphatic rings. The first kappa shape index (κ1) is 13.8. The van der Waals surface area contributed by atoms with Crippen molar-refractivity contribution >= 4 is 33.9 Å². The zero-order valence-electron chi connectivity index (χ0n) is 10.1. The standard InChI is InChI=1S/C12H13FIN3S/c1-3-15-7(2)11-16-17-12(18-11)9-5-4-8(13)6-10(9)14/h4-7,15H,3H2,1-2H3. The quantitative estimate of drug-likeness (QED) is 0.828. The molecule has 1 aromatic heterocycles. The van der Waals surface area contributed by atoms with Crippen molar-refractivity contribution < 1.29 is 4.39 Å². The van der Waals surface area contributed by atoms with Crippen molar-refractivity contribution in [2.45, 2.75) is 19.9 Å². The van der Waals surface area contributed by atoms with Crippen LogP contribution in [0.4, 0.5) is 4.39 Å². The van der Waals surface area contributed by atoms with Gasteiger partial charge in [0.05, 0.1) is 6.04 Å². The molecule has 0 spiro atoms. The third kappa shape index (κ3) is 3.04. The van der Waals surface area contributed by atoms with Gasteiger partial charge in [-0.3, -0.25) is 0 Å². The van der Waals surface area contributed by atoms with Crippen LogP contribution < -0.4 is 5.32 Å². The first-order chi connectivity index (χ1) is 8.61. The molecule has 2 aromatic rings. The fraction of sp³-hybridized carbons (Fsp3) is 0.333. The third-order valence-electron chi connectivity index (χ3n) is 2.48. The van der Waals surface area contributed by atoms with Crippen LogP contribution in [-0.4, -0.2) is 16.7 Å². The second-order valence-corrected chi connectivity index (χ2v) is 6.02. The van der Waals surface area contributed by atoms with Crippen molar-refractivity contribution in [3.05, 3.63) is 32.6 Å². The molecule has 2 rings (SSSR count). The van der Waals surface area contributed by atoms with E-state index in [0.29, 0.717) is 0 Å². The zero-order chi connectivity index (χ0) is 13.1. The van der Waals surface area contributed by atoms with Crippen LogP contribution >= 0.6 is 33.9 Å². The summed E-state index contributed by atoms with van der Waals surface area (Å²) in [5.74, 6) is -0.228. The van der Waals surface area contributed by atoms with E-state index in [1.165, 1.54) is 12.1 Å². The number of hydrogen-bond donors (Lipinski definition) is 1. The molecule has 6 heteroatoms. The van der Waals surface area contributed by atoms with Crippen molar-refractivity contribution in [2.24, 2.45) is 0 Å². The molecule has 0 saturated carbocycles. The van der Waals surface area contributed by atoms with E-state index in [9.17, 15) is 4.39 Å². The van der Waals surface area contributed by atoms with E-state index in [4.69, 9.17) is 0 Å². The summed E-state index contributed by atoms with van der Waals surface area (Å²) in [6, 6.07) is 4.90. The van der Waals surface area contributed by atoms with Crippen molar-refractivity contribution in [1.82, 2.24) is 15.5 Å². The summed E-state index contributed by atoms with van der Waals surface area (Å²) in [7, 11) is 0. The molecule has 0 saturated heterocycles. The van der Waals surface area contributed by atoms with Crippen LogP contribution in [0, 0.1) is 9.39 Å². The Bertz CT molecular complexity index is 544. The second kappa shape index (κ2) is 6.03. The summed E-state index contributed by atoms with van der Waals surface area (Å²) in [5.41, 5.74) is 0.935. The van der Waals surface area contributed by atoms with Crippen LogP contribution in [0.1, 0.15) is 24.9 Å². The van der Waals surface area contributed by atoms with Crippen LogP contribution in [0.15, 0.2) is 18.2 Å². The summed E-state index contributed by atoms with van der Waals surface area (Å²) in [6.07, 6.45) is 0. The Morgan fingerprint density at radius 2 is 2.22 bits per heavy atom. The van der Waals surface area contributed by atoms with Crippen molar-refractivity contribution in [3.8, 4) is 10.6 Å². The van der Waals surface area contributed by atoms with Gasteiger partial charge in [-0.2, -0.15) is 0 Å². The Morgan fingerprint density at radius 3 is 2.89 bits per heavy atom. The average Bonchev–Trinajstić information content (AvgIpc) is 2.78. The molecule has 1 aromatic carbocycles. The lowest BCUT2D eigenvalue weighted by molar-refractivity contribution is 0.590. The minimum Gasteiger partial charge on any atom is -0.308 e. The molecule has 18 heavy (non-hydrogen) atoms. The van der Waals surface area contributed by atoms with Crippen LogP contribution in [-0.2, 0) is 0 Å². The normalized spacial score (nSPS) is 12.7. The second-order valence-electron chi connectivity index (χ2n) is 3.85. The van der Waals surface area contributed by atoms with E-state index < -0.39 is 0 Å². The fourth-order valence-electron chi connectivity index (χ4n) is 1.57. The molecule has 1 atom stereocenters. The number of rotatable bonds is 4. The molecule has 1 unspecified atom stereocenters. The summed E-state index contributed by atoms with van der Waals surface area (Å²) in [5, 5.41) is 13.4. The third-order valence-corrected chi connectivity index (χ3v) is 4.51. The van der Waals surface area contributed by atoms with E-state index in [-0.39, 0.29) is 11.9 Å². The Kier molecular flexibility index (Phi) is 4.63. The highest BCUT2D eigenvalue weighted by molar-refractivity contribution is 14.1. The van der Waals surface area contributed by atoms with Gasteiger partial charge >= 0.3 is 0 Å². The van der Waals surface area contributed by atoms with Gasteiger partial charge in [-0.05, 0) is 54.3 Å². The molecule has 0 amide bonds. The lowest BCUT2D eigenvalue weighted by Gasteiger charge is -2.06. The van der Waals surface area contributed by atoms with Crippen molar-refractivity contribution in [1.29, 1.82) is 0 Å². The van der Waals surface area contributed by atoms with Gasteiger partial charge in [0.1, 0.15) is 15.8 Å². The Hall–Kier alpha value is -0.600. The topological polar surface area (TPSA) is 37.8 Å². The maximum absolute atomic E-state index is 13.0. The number of benzene rings is 1. The van der Waals surface area contributed by atoms with Crippen LogP contribution in [0.2, 0.25) is 0 Å². The molecule has 96 valence electrons. The molecule has 3 nitrogen and oxygen atoms in total. The summed E-state index contributed by atoms with van der Waals surface area (Å²) in [4.78, 5) is 0. The van der Waals surface area contributed by atoms with Gasteiger partial charge in [0, 0.05) is 9.13 Å². The predicted molar refractivity (Wildman–Crippen MR) is 80.1 cm³/mol. The van der Waals surface area contributed by atoms with Crippen molar-refractivity contribution in [2.75, 3.05) is 6.54 Å².